The number of rotatable bonds is 5. The molecule has 0 saturated heterocycles. The average molecular weight is 276 g/mol. The van der Waals surface area contributed by atoms with Gasteiger partial charge in [0.25, 0.3) is 0 Å². The van der Waals surface area contributed by atoms with Crippen LogP contribution >= 0.6 is 0 Å². The number of carbonyl (C=O) groups excluding carboxylic acids is 1. The molecular formula is C16H24O2Si. The maximum atomic E-state index is 11.1. The van der Waals surface area contributed by atoms with Gasteiger partial charge in [0, 0.05) is 6.92 Å². The molecule has 0 unspecified atom stereocenters. The Morgan fingerprint density at radius 2 is 1.89 bits per heavy atom. The second kappa shape index (κ2) is 6.71. The van der Waals surface area contributed by atoms with Crippen LogP contribution in [0.5, 0.6) is 0 Å². The molecule has 1 aromatic carbocycles. The minimum absolute atomic E-state index is 0.127. The fourth-order valence-electron chi connectivity index (χ4n) is 2.25. The molecule has 0 saturated carbocycles. The molecule has 0 aliphatic heterocycles. The van der Waals surface area contributed by atoms with E-state index in [-0.39, 0.29) is 12.1 Å². The zero-order valence-electron chi connectivity index (χ0n) is 12.6. The third-order valence-corrected chi connectivity index (χ3v) is 6.25. The van der Waals surface area contributed by atoms with Crippen molar-refractivity contribution < 1.29 is 9.53 Å². The van der Waals surface area contributed by atoms with Gasteiger partial charge in [-0.15, -0.1) is 0 Å². The second-order valence-corrected chi connectivity index (χ2v) is 9.72. The van der Waals surface area contributed by atoms with Crippen LogP contribution in [0.1, 0.15) is 27.2 Å². The molecule has 0 aliphatic rings. The number of hydrogen-bond acceptors (Lipinski definition) is 2. The van der Waals surface area contributed by atoms with Gasteiger partial charge >= 0.3 is 5.97 Å². The van der Waals surface area contributed by atoms with Crippen LogP contribution in [0, 0.1) is 0 Å². The summed E-state index contributed by atoms with van der Waals surface area (Å²) in [6, 6.07) is 10.6. The van der Waals surface area contributed by atoms with Gasteiger partial charge in [0.2, 0.25) is 0 Å². The lowest BCUT2D eigenvalue weighted by atomic mass is 10.1. The number of ether oxygens (including phenoxy) is 1. The molecular weight excluding hydrogens is 252 g/mol. The molecule has 3 heteroatoms. The molecule has 0 amide bonds. The lowest BCUT2D eigenvalue weighted by molar-refractivity contribution is -0.143. The van der Waals surface area contributed by atoms with Crippen molar-refractivity contribution in [2.75, 3.05) is 0 Å². The number of esters is 1. The van der Waals surface area contributed by atoms with Crippen LogP contribution in [0.25, 0.3) is 0 Å². The van der Waals surface area contributed by atoms with Gasteiger partial charge in [-0.25, -0.2) is 0 Å². The van der Waals surface area contributed by atoms with E-state index >= 15 is 0 Å². The van der Waals surface area contributed by atoms with Crippen LogP contribution in [0.15, 0.2) is 41.6 Å². The molecule has 0 radical (unpaired) electrons. The Hall–Kier alpha value is -1.35. The third-order valence-electron chi connectivity index (χ3n) is 3.34. The van der Waals surface area contributed by atoms with E-state index in [1.807, 2.05) is 13.0 Å². The highest BCUT2D eigenvalue weighted by molar-refractivity contribution is 6.94. The Bertz CT molecular complexity index is 449. The summed E-state index contributed by atoms with van der Waals surface area (Å²) in [5.74, 6) is -0.217. The van der Waals surface area contributed by atoms with Crippen molar-refractivity contribution in [3.05, 3.63) is 41.6 Å². The highest BCUT2D eigenvalue weighted by atomic mass is 28.3. The molecule has 19 heavy (non-hydrogen) atoms. The summed E-state index contributed by atoms with van der Waals surface area (Å²) in [6.07, 6.45) is 0.788. The molecule has 104 valence electrons. The molecule has 0 fully saturated rings. The molecule has 1 rings (SSSR count). The molecule has 0 aliphatic carbocycles. The Morgan fingerprint density at radius 1 is 1.32 bits per heavy atom. The SMILES string of the molecule is CC/C(=C\[Si](C)(C)c1ccccc1)[C@@H](C)OC(C)=O. The van der Waals surface area contributed by atoms with E-state index in [1.54, 1.807) is 0 Å². The fourth-order valence-corrected chi connectivity index (χ4v) is 4.83. The first kappa shape index (κ1) is 15.7. The summed E-state index contributed by atoms with van der Waals surface area (Å²) >= 11 is 0. The first-order valence-corrected chi connectivity index (χ1v) is 9.89. The van der Waals surface area contributed by atoms with Gasteiger partial charge in [-0.3, -0.25) is 4.79 Å². The van der Waals surface area contributed by atoms with Gasteiger partial charge in [-0.05, 0) is 18.9 Å². The Morgan fingerprint density at radius 3 is 2.37 bits per heavy atom. The van der Waals surface area contributed by atoms with E-state index in [4.69, 9.17) is 4.74 Å². The molecule has 0 heterocycles. The van der Waals surface area contributed by atoms with Crippen molar-refractivity contribution in [1.82, 2.24) is 0 Å². The average Bonchev–Trinajstić information content (AvgIpc) is 2.36. The van der Waals surface area contributed by atoms with Gasteiger partial charge in [0.15, 0.2) is 0 Å². The highest BCUT2D eigenvalue weighted by Crippen LogP contribution is 2.16. The highest BCUT2D eigenvalue weighted by Gasteiger charge is 2.23. The first-order valence-electron chi connectivity index (χ1n) is 6.81. The zero-order chi connectivity index (χ0) is 14.5. The predicted octanol–water partition coefficient (Wildman–Crippen LogP) is 3.43. The van der Waals surface area contributed by atoms with E-state index in [9.17, 15) is 4.79 Å². The summed E-state index contributed by atoms with van der Waals surface area (Å²) in [4.78, 5) is 11.1. The van der Waals surface area contributed by atoms with Crippen molar-refractivity contribution in [3.63, 3.8) is 0 Å². The molecule has 1 atom stereocenters. The van der Waals surface area contributed by atoms with Crippen LogP contribution < -0.4 is 5.19 Å². The van der Waals surface area contributed by atoms with Gasteiger partial charge < -0.3 is 4.74 Å². The predicted molar refractivity (Wildman–Crippen MR) is 83.2 cm³/mol. The minimum Gasteiger partial charge on any atom is -0.458 e. The van der Waals surface area contributed by atoms with Crippen LogP contribution in [-0.4, -0.2) is 20.1 Å². The van der Waals surface area contributed by atoms with Gasteiger partial charge in [0.1, 0.15) is 14.2 Å². The van der Waals surface area contributed by atoms with Gasteiger partial charge in [-0.2, -0.15) is 0 Å². The fraction of sp³-hybridized carbons (Fsp3) is 0.438. The van der Waals surface area contributed by atoms with Crippen LogP contribution in [0.3, 0.4) is 0 Å². The van der Waals surface area contributed by atoms with Crippen molar-refractivity contribution in [2.45, 2.75) is 46.4 Å². The maximum absolute atomic E-state index is 11.1. The third kappa shape index (κ3) is 4.67. The molecule has 0 spiro atoms. The van der Waals surface area contributed by atoms with E-state index < -0.39 is 8.07 Å². The number of hydrogen-bond donors (Lipinski definition) is 0. The molecule has 0 N–H and O–H groups in total. The summed E-state index contributed by atoms with van der Waals surface area (Å²) in [7, 11) is -1.63. The standard InChI is InChI=1S/C16H24O2Si/c1-6-15(13(2)18-14(3)17)12-19(4,5)16-10-8-7-9-11-16/h7-13H,6H2,1-5H3/b15-12+/t13-/m1/s1. The smallest absolute Gasteiger partial charge is 0.303 e. The largest absolute Gasteiger partial charge is 0.458 e. The normalized spacial score (nSPS) is 14.1. The van der Waals surface area contributed by atoms with E-state index in [0.717, 1.165) is 6.42 Å². The topological polar surface area (TPSA) is 26.3 Å². The Balaban J connectivity index is 2.99. The monoisotopic (exact) mass is 276 g/mol. The Kier molecular flexibility index (Phi) is 5.55. The summed E-state index contributed by atoms with van der Waals surface area (Å²) < 4.78 is 5.30. The summed E-state index contributed by atoms with van der Waals surface area (Å²) in [6.45, 7) is 10.2. The van der Waals surface area contributed by atoms with E-state index in [1.165, 1.54) is 17.7 Å². The lowest BCUT2D eigenvalue weighted by Crippen LogP contribution is -2.40. The number of carbonyl (C=O) groups is 1. The van der Waals surface area contributed by atoms with Gasteiger partial charge in [0.05, 0.1) is 0 Å². The maximum Gasteiger partial charge on any atom is 0.303 e. The molecule has 2 nitrogen and oxygen atoms in total. The zero-order valence-corrected chi connectivity index (χ0v) is 13.6. The van der Waals surface area contributed by atoms with Crippen LogP contribution in [-0.2, 0) is 9.53 Å². The lowest BCUT2D eigenvalue weighted by Gasteiger charge is -2.23. The Labute approximate surface area is 117 Å². The second-order valence-electron chi connectivity index (χ2n) is 5.41. The van der Waals surface area contributed by atoms with Crippen molar-refractivity contribution >= 4 is 19.2 Å². The van der Waals surface area contributed by atoms with Crippen molar-refractivity contribution in [3.8, 4) is 0 Å². The molecule has 1 aromatic rings. The number of benzene rings is 1. The van der Waals surface area contributed by atoms with Gasteiger partial charge in [-0.1, -0.05) is 61.2 Å². The molecule has 0 aromatic heterocycles. The summed E-state index contributed by atoms with van der Waals surface area (Å²) in [5, 5.41) is 1.40. The molecule has 0 bridgehead atoms. The van der Waals surface area contributed by atoms with Crippen molar-refractivity contribution in [2.24, 2.45) is 0 Å². The van der Waals surface area contributed by atoms with Crippen LogP contribution in [0.4, 0.5) is 0 Å². The summed E-state index contributed by atoms with van der Waals surface area (Å²) in [5.41, 5.74) is 3.58. The first-order chi connectivity index (χ1) is 8.86. The van der Waals surface area contributed by atoms with Crippen molar-refractivity contribution in [1.29, 1.82) is 0 Å². The minimum atomic E-state index is -1.63. The quantitative estimate of drug-likeness (QED) is 0.608. The van der Waals surface area contributed by atoms with Crippen LogP contribution in [0.2, 0.25) is 13.1 Å². The van der Waals surface area contributed by atoms with E-state index in [2.05, 4.69) is 50.0 Å². The van der Waals surface area contributed by atoms with E-state index in [0.29, 0.717) is 0 Å².